The minimum absolute atomic E-state index is 0.133. The number of aromatic nitrogens is 4. The topological polar surface area (TPSA) is 75.6 Å². The summed E-state index contributed by atoms with van der Waals surface area (Å²) in [4.78, 5) is 24.7. The predicted octanol–water partition coefficient (Wildman–Crippen LogP) is 3.30. The van der Waals surface area contributed by atoms with Crippen molar-refractivity contribution in [1.82, 2.24) is 24.8 Å². The van der Waals surface area contributed by atoms with Gasteiger partial charge in [0.05, 0.1) is 17.1 Å². The summed E-state index contributed by atoms with van der Waals surface area (Å²) in [7, 11) is 0. The smallest absolute Gasteiger partial charge is 0.268 e. The minimum atomic E-state index is -0.225. The second-order valence-electron chi connectivity index (χ2n) is 6.22. The fraction of sp³-hybridized carbons (Fsp3) is 0.150. The van der Waals surface area contributed by atoms with E-state index in [9.17, 15) is 4.79 Å². The van der Waals surface area contributed by atoms with Gasteiger partial charge in [-0.3, -0.25) is 9.78 Å². The van der Waals surface area contributed by atoms with Crippen molar-refractivity contribution in [3.05, 3.63) is 84.2 Å². The molecule has 1 atom stereocenters. The Labute approximate surface area is 150 Å². The van der Waals surface area contributed by atoms with Crippen molar-refractivity contribution in [1.29, 1.82) is 0 Å². The van der Waals surface area contributed by atoms with Crippen LogP contribution in [0.5, 0.6) is 0 Å². The fourth-order valence-electron chi connectivity index (χ4n) is 2.96. The summed E-state index contributed by atoms with van der Waals surface area (Å²) < 4.78 is 1.91. The highest BCUT2D eigenvalue weighted by Crippen LogP contribution is 2.16. The zero-order valence-electron chi connectivity index (χ0n) is 14.4. The van der Waals surface area contributed by atoms with Gasteiger partial charge in [0.1, 0.15) is 11.5 Å². The Bertz CT molecular complexity index is 1000. The van der Waals surface area contributed by atoms with Crippen molar-refractivity contribution < 1.29 is 4.79 Å². The molecule has 0 unspecified atom stereocenters. The molecule has 0 radical (unpaired) electrons. The van der Waals surface area contributed by atoms with Gasteiger partial charge in [-0.15, -0.1) is 0 Å². The molecule has 0 aliphatic rings. The summed E-state index contributed by atoms with van der Waals surface area (Å²) in [6.07, 6.45) is 5.44. The van der Waals surface area contributed by atoms with Gasteiger partial charge in [0.2, 0.25) is 0 Å². The molecule has 2 N–H and O–H groups in total. The maximum Gasteiger partial charge on any atom is 0.268 e. The Morgan fingerprint density at radius 1 is 1.19 bits per heavy atom. The molecule has 4 aromatic rings. The third-order valence-electron chi connectivity index (χ3n) is 4.30. The summed E-state index contributed by atoms with van der Waals surface area (Å²) in [6.45, 7) is 2.52. The van der Waals surface area contributed by atoms with E-state index in [1.165, 1.54) is 0 Å². The maximum atomic E-state index is 12.7. The molecule has 1 aromatic carbocycles. The predicted molar refractivity (Wildman–Crippen MR) is 99.7 cm³/mol. The van der Waals surface area contributed by atoms with Gasteiger partial charge in [-0.05, 0) is 42.8 Å². The lowest BCUT2D eigenvalue weighted by molar-refractivity contribution is 0.0929. The second kappa shape index (κ2) is 6.84. The first-order chi connectivity index (χ1) is 12.7. The lowest BCUT2D eigenvalue weighted by Gasteiger charge is -2.13. The van der Waals surface area contributed by atoms with Gasteiger partial charge in [0.25, 0.3) is 5.91 Å². The van der Waals surface area contributed by atoms with Crippen LogP contribution in [0.4, 0.5) is 0 Å². The number of benzene rings is 1. The van der Waals surface area contributed by atoms with Gasteiger partial charge in [0, 0.05) is 25.1 Å². The van der Waals surface area contributed by atoms with Gasteiger partial charge < -0.3 is 14.9 Å². The van der Waals surface area contributed by atoms with E-state index in [0.29, 0.717) is 12.2 Å². The van der Waals surface area contributed by atoms with Crippen LogP contribution in [0.2, 0.25) is 0 Å². The Morgan fingerprint density at radius 3 is 2.88 bits per heavy atom. The Balaban J connectivity index is 1.50. The normalized spacial score (nSPS) is 12.2. The molecule has 4 rings (SSSR count). The van der Waals surface area contributed by atoms with E-state index in [-0.39, 0.29) is 11.9 Å². The van der Waals surface area contributed by atoms with Crippen LogP contribution in [0, 0.1) is 0 Å². The SMILES string of the molecule is C[C@H](NC(=O)c1cccn1Cc1cccnc1)c1nc2ccccc2[nH]1. The largest absolute Gasteiger partial charge is 0.341 e. The summed E-state index contributed by atoms with van der Waals surface area (Å²) in [6, 6.07) is 15.2. The molecule has 1 amide bonds. The van der Waals surface area contributed by atoms with E-state index in [0.717, 1.165) is 22.4 Å². The van der Waals surface area contributed by atoms with Crippen molar-refractivity contribution in [2.75, 3.05) is 0 Å². The number of nitrogens with one attached hydrogen (secondary N) is 2. The first-order valence-electron chi connectivity index (χ1n) is 8.50. The summed E-state index contributed by atoms with van der Waals surface area (Å²) in [5.74, 6) is 0.608. The van der Waals surface area contributed by atoms with Crippen LogP contribution in [0.15, 0.2) is 67.1 Å². The summed E-state index contributed by atoms with van der Waals surface area (Å²) >= 11 is 0. The van der Waals surface area contributed by atoms with Crippen molar-refractivity contribution in [2.45, 2.75) is 19.5 Å². The number of H-pyrrole nitrogens is 1. The van der Waals surface area contributed by atoms with E-state index in [1.54, 1.807) is 12.4 Å². The second-order valence-corrected chi connectivity index (χ2v) is 6.22. The number of fused-ring (bicyclic) bond motifs is 1. The van der Waals surface area contributed by atoms with Crippen LogP contribution >= 0.6 is 0 Å². The van der Waals surface area contributed by atoms with Crippen LogP contribution in [0.3, 0.4) is 0 Å². The van der Waals surface area contributed by atoms with Crippen molar-refractivity contribution in [2.24, 2.45) is 0 Å². The average molecular weight is 345 g/mol. The van der Waals surface area contributed by atoms with E-state index >= 15 is 0 Å². The molecule has 0 aliphatic heterocycles. The Morgan fingerprint density at radius 2 is 2.08 bits per heavy atom. The van der Waals surface area contributed by atoms with E-state index in [1.807, 2.05) is 66.2 Å². The van der Waals surface area contributed by atoms with Crippen LogP contribution in [0.25, 0.3) is 11.0 Å². The number of amides is 1. The molecule has 130 valence electrons. The van der Waals surface area contributed by atoms with Crippen molar-refractivity contribution >= 4 is 16.9 Å². The molecule has 0 fully saturated rings. The molecule has 0 aliphatic carbocycles. The highest BCUT2D eigenvalue weighted by Gasteiger charge is 2.17. The third kappa shape index (κ3) is 3.21. The molecular weight excluding hydrogens is 326 g/mol. The van der Waals surface area contributed by atoms with Gasteiger partial charge >= 0.3 is 0 Å². The monoisotopic (exact) mass is 345 g/mol. The lowest BCUT2D eigenvalue weighted by atomic mass is 10.2. The Hall–Kier alpha value is -3.41. The molecule has 0 bridgehead atoms. The summed E-state index contributed by atoms with van der Waals surface area (Å²) in [5.41, 5.74) is 3.51. The maximum absolute atomic E-state index is 12.7. The number of rotatable bonds is 5. The van der Waals surface area contributed by atoms with Crippen LogP contribution < -0.4 is 5.32 Å². The number of para-hydroxylation sites is 2. The van der Waals surface area contributed by atoms with Crippen LogP contribution in [-0.2, 0) is 6.54 Å². The molecule has 6 heteroatoms. The number of imidazole rings is 1. The van der Waals surface area contributed by atoms with Gasteiger partial charge in [-0.25, -0.2) is 4.98 Å². The standard InChI is InChI=1S/C20H19N5O/c1-14(19-23-16-7-2-3-8-17(16)24-19)22-20(26)18-9-5-11-25(18)13-15-6-4-10-21-12-15/h2-12,14H,13H2,1H3,(H,22,26)(H,23,24)/t14-/m0/s1. The van der Waals surface area contributed by atoms with E-state index in [2.05, 4.69) is 20.3 Å². The summed E-state index contributed by atoms with van der Waals surface area (Å²) in [5, 5.41) is 3.02. The third-order valence-corrected chi connectivity index (χ3v) is 4.30. The first kappa shape index (κ1) is 16.1. The number of hydrogen-bond acceptors (Lipinski definition) is 3. The molecule has 26 heavy (non-hydrogen) atoms. The van der Waals surface area contributed by atoms with Crippen molar-refractivity contribution in [3.8, 4) is 0 Å². The Kier molecular flexibility index (Phi) is 4.23. The molecule has 0 saturated heterocycles. The quantitative estimate of drug-likeness (QED) is 0.583. The fourth-order valence-corrected chi connectivity index (χ4v) is 2.96. The van der Waals surface area contributed by atoms with E-state index in [4.69, 9.17) is 0 Å². The average Bonchev–Trinajstić information content (AvgIpc) is 3.29. The lowest BCUT2D eigenvalue weighted by Crippen LogP contribution is -2.29. The zero-order chi connectivity index (χ0) is 17.9. The highest BCUT2D eigenvalue weighted by molar-refractivity contribution is 5.93. The minimum Gasteiger partial charge on any atom is -0.341 e. The number of pyridine rings is 1. The number of aromatic amines is 1. The molecule has 3 aromatic heterocycles. The number of carbonyl (C=O) groups excluding carboxylic acids is 1. The van der Waals surface area contributed by atoms with Gasteiger partial charge in [0.15, 0.2) is 0 Å². The van der Waals surface area contributed by atoms with Gasteiger partial charge in [-0.2, -0.15) is 0 Å². The zero-order valence-corrected chi connectivity index (χ0v) is 14.4. The number of carbonyl (C=O) groups is 1. The first-order valence-corrected chi connectivity index (χ1v) is 8.50. The van der Waals surface area contributed by atoms with Gasteiger partial charge in [-0.1, -0.05) is 18.2 Å². The molecular formula is C20H19N5O. The van der Waals surface area contributed by atoms with Crippen LogP contribution in [0.1, 0.15) is 34.8 Å². The van der Waals surface area contributed by atoms with E-state index < -0.39 is 0 Å². The highest BCUT2D eigenvalue weighted by atomic mass is 16.2. The van der Waals surface area contributed by atoms with Crippen LogP contribution in [-0.4, -0.2) is 25.4 Å². The molecule has 6 nitrogen and oxygen atoms in total. The number of nitrogens with zero attached hydrogens (tertiary/aromatic N) is 3. The molecule has 0 saturated carbocycles. The number of hydrogen-bond donors (Lipinski definition) is 2. The molecule has 0 spiro atoms. The molecule has 3 heterocycles. The van der Waals surface area contributed by atoms with Crippen molar-refractivity contribution in [3.63, 3.8) is 0 Å².